The summed E-state index contributed by atoms with van der Waals surface area (Å²) in [6.45, 7) is 1.09. The number of thioether (sulfide) groups is 1. The second-order valence-corrected chi connectivity index (χ2v) is 6.14. The molecule has 2 unspecified atom stereocenters. The first-order valence-electron chi connectivity index (χ1n) is 6.37. The first kappa shape index (κ1) is 10.0. The van der Waals surface area contributed by atoms with Crippen molar-refractivity contribution in [3.8, 4) is 0 Å². The van der Waals surface area contributed by atoms with E-state index >= 15 is 0 Å². The highest BCUT2D eigenvalue weighted by Gasteiger charge is 2.44. The van der Waals surface area contributed by atoms with Gasteiger partial charge >= 0.3 is 0 Å². The zero-order chi connectivity index (χ0) is 11.4. The van der Waals surface area contributed by atoms with Crippen LogP contribution >= 0.6 is 11.8 Å². The van der Waals surface area contributed by atoms with Crippen LogP contribution < -0.4 is 0 Å². The predicted octanol–water partition coefficient (Wildman–Crippen LogP) is 3.44. The molecular weight excluding hydrogens is 228 g/mol. The molecule has 0 amide bonds. The van der Waals surface area contributed by atoms with Crippen LogP contribution in [0.1, 0.15) is 24.8 Å². The lowest BCUT2D eigenvalue weighted by atomic mass is 10.0. The van der Waals surface area contributed by atoms with Crippen molar-refractivity contribution < 1.29 is 0 Å². The average Bonchev–Trinajstić information content (AvgIpc) is 2.97. The van der Waals surface area contributed by atoms with Gasteiger partial charge in [-0.2, -0.15) is 0 Å². The van der Waals surface area contributed by atoms with E-state index in [0.717, 1.165) is 18.5 Å². The molecule has 1 aromatic rings. The Labute approximate surface area is 106 Å². The molecule has 3 heteroatoms. The minimum Gasteiger partial charge on any atom is -0.352 e. The molecule has 4 rings (SSSR count). The number of aliphatic imine (C=N–C) groups is 1. The number of nitrogens with zero attached hydrogens (tertiary/aromatic N) is 2. The normalized spacial score (nSPS) is 29.0. The van der Waals surface area contributed by atoms with E-state index in [2.05, 4.69) is 29.4 Å². The molecule has 2 atom stereocenters. The van der Waals surface area contributed by atoms with Crippen LogP contribution in [0.4, 0.5) is 5.69 Å². The lowest BCUT2D eigenvalue weighted by molar-refractivity contribution is 0.317. The van der Waals surface area contributed by atoms with E-state index in [1.54, 1.807) is 11.8 Å². The highest BCUT2D eigenvalue weighted by molar-refractivity contribution is 7.98. The first-order chi connectivity index (χ1) is 8.35. The molecular formula is C14H16N2S. The molecule has 0 radical (unpaired) electrons. The highest BCUT2D eigenvalue weighted by Crippen LogP contribution is 2.44. The van der Waals surface area contributed by atoms with E-state index in [4.69, 9.17) is 4.99 Å². The Morgan fingerprint density at radius 3 is 3.18 bits per heavy atom. The molecule has 1 aliphatic carbocycles. The van der Waals surface area contributed by atoms with E-state index in [9.17, 15) is 0 Å². The molecule has 1 saturated carbocycles. The molecule has 1 aromatic carbocycles. The van der Waals surface area contributed by atoms with Crippen molar-refractivity contribution in [2.24, 2.45) is 10.9 Å². The number of hydrogen-bond donors (Lipinski definition) is 0. The summed E-state index contributed by atoms with van der Waals surface area (Å²) in [4.78, 5) is 8.80. The second kappa shape index (κ2) is 3.52. The van der Waals surface area contributed by atoms with Crippen molar-refractivity contribution in [3.63, 3.8) is 0 Å². The first-order valence-corrected chi connectivity index (χ1v) is 7.60. The second-order valence-electron chi connectivity index (χ2n) is 5.26. The SMILES string of the molecule is CSc1ccc2c(c1)N=C1C3CCC(C3)N1C2. The summed E-state index contributed by atoms with van der Waals surface area (Å²) in [6, 6.07) is 7.51. The Balaban J connectivity index is 1.80. The molecule has 1 saturated heterocycles. The minimum atomic E-state index is 0.756. The molecule has 88 valence electrons. The molecule has 2 heterocycles. The Morgan fingerprint density at radius 1 is 1.35 bits per heavy atom. The summed E-state index contributed by atoms with van der Waals surface area (Å²) >= 11 is 1.80. The van der Waals surface area contributed by atoms with Gasteiger partial charge in [0.2, 0.25) is 0 Å². The quantitative estimate of drug-likeness (QED) is 0.703. The number of fused-ring (bicyclic) bond motifs is 6. The van der Waals surface area contributed by atoms with Gasteiger partial charge in [-0.15, -0.1) is 11.8 Å². The van der Waals surface area contributed by atoms with Gasteiger partial charge in [-0.25, -0.2) is 4.99 Å². The molecule has 2 fully saturated rings. The van der Waals surface area contributed by atoms with Gasteiger partial charge in [-0.3, -0.25) is 0 Å². The molecule has 0 spiro atoms. The van der Waals surface area contributed by atoms with Gasteiger partial charge in [0.1, 0.15) is 5.84 Å². The van der Waals surface area contributed by atoms with Crippen LogP contribution in [0, 0.1) is 5.92 Å². The third-order valence-corrected chi connectivity index (χ3v) is 5.10. The van der Waals surface area contributed by atoms with E-state index < -0.39 is 0 Å². The van der Waals surface area contributed by atoms with Gasteiger partial charge in [-0.1, -0.05) is 6.07 Å². The summed E-state index contributed by atoms with van der Waals surface area (Å²) in [7, 11) is 0. The van der Waals surface area contributed by atoms with Crippen LogP contribution in [0.3, 0.4) is 0 Å². The minimum absolute atomic E-state index is 0.756. The van der Waals surface area contributed by atoms with Crippen molar-refractivity contribution in [2.75, 3.05) is 6.26 Å². The number of benzene rings is 1. The third-order valence-electron chi connectivity index (χ3n) is 4.37. The Bertz CT molecular complexity index is 509. The molecule has 0 N–H and O–H groups in total. The molecule has 3 aliphatic rings. The van der Waals surface area contributed by atoms with E-state index in [1.807, 2.05) is 0 Å². The van der Waals surface area contributed by atoms with Crippen LogP contribution in [0.2, 0.25) is 0 Å². The number of piperidine rings is 1. The molecule has 17 heavy (non-hydrogen) atoms. The lowest BCUT2D eigenvalue weighted by Crippen LogP contribution is -2.38. The predicted molar refractivity (Wildman–Crippen MR) is 72.0 cm³/mol. The van der Waals surface area contributed by atoms with E-state index in [-0.39, 0.29) is 0 Å². The maximum Gasteiger partial charge on any atom is 0.109 e. The molecule has 0 aromatic heterocycles. The Hall–Kier alpha value is -0.960. The van der Waals surface area contributed by atoms with Gasteiger partial charge in [0.25, 0.3) is 0 Å². The van der Waals surface area contributed by atoms with Crippen molar-refractivity contribution in [3.05, 3.63) is 23.8 Å². The van der Waals surface area contributed by atoms with Crippen LogP contribution in [0.25, 0.3) is 0 Å². The Morgan fingerprint density at radius 2 is 2.29 bits per heavy atom. The summed E-state index contributed by atoms with van der Waals surface area (Å²) < 4.78 is 0. The highest BCUT2D eigenvalue weighted by atomic mass is 32.2. The van der Waals surface area contributed by atoms with Gasteiger partial charge in [-0.05, 0) is 43.2 Å². The number of hydrogen-bond acceptors (Lipinski definition) is 3. The van der Waals surface area contributed by atoms with Gasteiger partial charge in [0.05, 0.1) is 5.69 Å². The van der Waals surface area contributed by atoms with E-state index in [0.29, 0.717) is 0 Å². The smallest absolute Gasteiger partial charge is 0.109 e. The molecule has 2 aliphatic heterocycles. The van der Waals surface area contributed by atoms with E-state index in [1.165, 1.54) is 41.2 Å². The zero-order valence-electron chi connectivity index (χ0n) is 10.0. The maximum atomic E-state index is 4.93. The summed E-state index contributed by atoms with van der Waals surface area (Å²) in [5.41, 5.74) is 2.62. The fraction of sp³-hybridized carbons (Fsp3) is 0.500. The van der Waals surface area contributed by atoms with Gasteiger partial charge in [0.15, 0.2) is 0 Å². The third kappa shape index (κ3) is 1.38. The summed E-state index contributed by atoms with van der Waals surface area (Å²) in [5, 5.41) is 0. The molecule has 2 bridgehead atoms. The number of rotatable bonds is 1. The van der Waals surface area contributed by atoms with Gasteiger partial charge in [0, 0.05) is 23.4 Å². The molecule has 2 nitrogen and oxygen atoms in total. The van der Waals surface area contributed by atoms with Crippen molar-refractivity contribution in [1.82, 2.24) is 4.90 Å². The van der Waals surface area contributed by atoms with Gasteiger partial charge < -0.3 is 4.90 Å². The fourth-order valence-electron chi connectivity index (χ4n) is 3.48. The van der Waals surface area contributed by atoms with Crippen LogP contribution in [-0.2, 0) is 6.54 Å². The Kier molecular flexibility index (Phi) is 2.07. The standard InChI is InChI=1S/C14H16N2S/c1-17-12-5-3-10-8-16-11-4-2-9(6-11)14(16)15-13(10)7-12/h3,5,7,9,11H,2,4,6,8H2,1H3. The van der Waals surface area contributed by atoms with Crippen molar-refractivity contribution in [2.45, 2.75) is 36.7 Å². The topological polar surface area (TPSA) is 15.6 Å². The van der Waals surface area contributed by atoms with Crippen LogP contribution in [0.5, 0.6) is 0 Å². The zero-order valence-corrected chi connectivity index (χ0v) is 10.8. The average molecular weight is 244 g/mol. The summed E-state index contributed by atoms with van der Waals surface area (Å²) in [5.74, 6) is 2.14. The van der Waals surface area contributed by atoms with Crippen LogP contribution in [0.15, 0.2) is 28.1 Å². The van der Waals surface area contributed by atoms with Crippen molar-refractivity contribution in [1.29, 1.82) is 0 Å². The summed E-state index contributed by atoms with van der Waals surface area (Å²) in [6.07, 6.45) is 6.21. The maximum absolute atomic E-state index is 4.93. The largest absolute Gasteiger partial charge is 0.352 e. The monoisotopic (exact) mass is 244 g/mol. The number of amidine groups is 1. The lowest BCUT2D eigenvalue weighted by Gasteiger charge is -2.34. The van der Waals surface area contributed by atoms with Crippen molar-refractivity contribution >= 4 is 23.3 Å². The fourth-order valence-corrected chi connectivity index (χ4v) is 3.91. The van der Waals surface area contributed by atoms with Crippen LogP contribution in [-0.4, -0.2) is 23.0 Å².